The van der Waals surface area contributed by atoms with Gasteiger partial charge in [-0.2, -0.15) is 0 Å². The van der Waals surface area contributed by atoms with Gasteiger partial charge in [-0.15, -0.1) is 0 Å². The zero-order chi connectivity index (χ0) is 34.7. The fourth-order valence-corrected chi connectivity index (χ4v) is 6.77. The summed E-state index contributed by atoms with van der Waals surface area (Å²) in [5.41, 5.74) is 1.15. The van der Waals surface area contributed by atoms with Crippen molar-refractivity contribution >= 4 is 35.1 Å². The molecule has 48 heavy (non-hydrogen) atoms. The summed E-state index contributed by atoms with van der Waals surface area (Å²) in [4.78, 5) is 31.5. The summed E-state index contributed by atoms with van der Waals surface area (Å²) >= 11 is 12.8. The van der Waals surface area contributed by atoms with Crippen molar-refractivity contribution in [1.82, 2.24) is 19.7 Å². The van der Waals surface area contributed by atoms with Crippen LogP contribution in [0, 0.1) is 0 Å². The Hall–Kier alpha value is -3.21. The van der Waals surface area contributed by atoms with Gasteiger partial charge in [-0.25, -0.2) is 4.79 Å². The summed E-state index contributed by atoms with van der Waals surface area (Å²) in [6.07, 6.45) is 1.80. The van der Waals surface area contributed by atoms with E-state index in [2.05, 4.69) is 39.5 Å². The van der Waals surface area contributed by atoms with E-state index in [0.717, 1.165) is 23.4 Å². The molecule has 0 unspecified atom stereocenters. The van der Waals surface area contributed by atoms with Crippen LogP contribution < -0.4 is 4.74 Å². The fraction of sp³-hybridized carbons (Fsp3) is 0.486. The number of amidine groups is 1. The largest absolute Gasteiger partial charge is 0.493 e. The third-order valence-corrected chi connectivity index (χ3v) is 10.0. The molecule has 0 aliphatic carbocycles. The smallest absolute Gasteiger partial charge is 0.326 e. The highest BCUT2D eigenvalue weighted by atomic mass is 35.5. The normalized spacial score (nSPS) is 21.8. The Kier molecular flexibility index (Phi) is 11.1. The van der Waals surface area contributed by atoms with Gasteiger partial charge < -0.3 is 19.5 Å². The SMILES string of the molecule is CCOc1cc(C(C)(C)C)ncc1C1=N[C@@](C)(c2ccc(Cl)cc2)[C@@](C)(c2ccc(Cl)cc2)N1C(=O)N1CCN(CCOCCO)CC1. The minimum Gasteiger partial charge on any atom is -0.493 e. The van der Waals surface area contributed by atoms with Crippen LogP contribution in [0.1, 0.15) is 63.9 Å². The lowest BCUT2D eigenvalue weighted by atomic mass is 9.71. The van der Waals surface area contributed by atoms with Gasteiger partial charge in [0.05, 0.1) is 32.0 Å². The van der Waals surface area contributed by atoms with Crippen LogP contribution in [-0.4, -0.2) is 95.8 Å². The van der Waals surface area contributed by atoms with Crippen molar-refractivity contribution in [1.29, 1.82) is 0 Å². The number of pyridine rings is 1. The number of amides is 2. The number of urea groups is 1. The lowest BCUT2D eigenvalue weighted by Gasteiger charge is -2.47. The molecule has 5 rings (SSSR count). The molecule has 2 aliphatic rings. The number of aliphatic imine (C=N–C) groups is 1. The second-order valence-corrected chi connectivity index (χ2v) is 14.5. The number of aromatic nitrogens is 1. The minimum absolute atomic E-state index is 0.00277. The predicted octanol–water partition coefficient (Wildman–Crippen LogP) is 6.72. The molecule has 258 valence electrons. The van der Waals surface area contributed by atoms with Crippen molar-refractivity contribution in [3.05, 3.63) is 93.2 Å². The van der Waals surface area contributed by atoms with E-state index in [1.807, 2.05) is 71.3 Å². The first-order chi connectivity index (χ1) is 22.8. The molecule has 3 aromatic rings. The second kappa shape index (κ2) is 14.7. The molecule has 2 amide bonds. The van der Waals surface area contributed by atoms with Gasteiger partial charge in [0.2, 0.25) is 0 Å². The molecule has 1 fully saturated rings. The van der Waals surface area contributed by atoms with Crippen LogP contribution in [-0.2, 0) is 21.2 Å². The standard InChI is InChI=1S/C37H47Cl2N5O4/c1-7-48-31-24-32(35(2,3)4)40-25-30(31)33-41-36(5,26-8-12-28(38)13-9-26)37(6,27-10-14-29(39)15-11-27)44(33)34(46)43-18-16-42(17-19-43)20-22-47-23-21-45/h8-15,24-25,45H,7,16-23H2,1-6H3/t36-,37+/m0/s1. The van der Waals surface area contributed by atoms with Crippen molar-refractivity contribution in [3.63, 3.8) is 0 Å². The Balaban J connectivity index is 1.66. The number of hydrogen-bond acceptors (Lipinski definition) is 7. The van der Waals surface area contributed by atoms with Crippen LogP contribution in [0.4, 0.5) is 4.79 Å². The maximum atomic E-state index is 15.1. The first-order valence-corrected chi connectivity index (χ1v) is 17.3. The average molecular weight is 697 g/mol. The van der Waals surface area contributed by atoms with Gasteiger partial charge >= 0.3 is 6.03 Å². The maximum Gasteiger partial charge on any atom is 0.326 e. The zero-order valence-electron chi connectivity index (χ0n) is 28.8. The van der Waals surface area contributed by atoms with Crippen LogP contribution in [0.25, 0.3) is 0 Å². The van der Waals surface area contributed by atoms with Crippen LogP contribution in [0.5, 0.6) is 5.75 Å². The molecule has 0 spiro atoms. The molecule has 2 atom stereocenters. The number of aliphatic hydroxyl groups is 1. The summed E-state index contributed by atoms with van der Waals surface area (Å²) in [7, 11) is 0. The maximum absolute atomic E-state index is 15.1. The Labute approximate surface area is 294 Å². The highest BCUT2D eigenvalue weighted by Gasteiger charge is 2.60. The first kappa shape index (κ1) is 36.1. The lowest BCUT2D eigenvalue weighted by Crippen LogP contribution is -2.60. The molecule has 1 aromatic heterocycles. The van der Waals surface area contributed by atoms with Crippen molar-refractivity contribution in [2.45, 2.75) is 58.0 Å². The molecule has 1 N–H and O–H groups in total. The molecule has 0 radical (unpaired) electrons. The summed E-state index contributed by atoms with van der Waals surface area (Å²) in [5, 5.41) is 10.3. The Morgan fingerprint density at radius 1 is 0.938 bits per heavy atom. The van der Waals surface area contributed by atoms with Gasteiger partial charge in [0.15, 0.2) is 0 Å². The third kappa shape index (κ3) is 7.07. The Morgan fingerprint density at radius 2 is 1.54 bits per heavy atom. The Bertz CT molecular complexity index is 1600. The lowest BCUT2D eigenvalue weighted by molar-refractivity contribution is 0.0549. The molecule has 0 bridgehead atoms. The zero-order valence-corrected chi connectivity index (χ0v) is 30.3. The predicted molar refractivity (Wildman–Crippen MR) is 191 cm³/mol. The van der Waals surface area contributed by atoms with Gasteiger partial charge in [0.25, 0.3) is 0 Å². The van der Waals surface area contributed by atoms with E-state index in [1.165, 1.54) is 0 Å². The molecular formula is C37H47Cl2N5O4. The van der Waals surface area contributed by atoms with Crippen LogP contribution in [0.2, 0.25) is 10.0 Å². The van der Waals surface area contributed by atoms with Crippen molar-refractivity contribution in [3.8, 4) is 5.75 Å². The van der Waals surface area contributed by atoms with E-state index >= 15 is 4.79 Å². The number of aliphatic hydroxyl groups excluding tert-OH is 1. The topological polar surface area (TPSA) is 90.7 Å². The number of hydrogen-bond donors (Lipinski definition) is 1. The van der Waals surface area contributed by atoms with E-state index < -0.39 is 11.1 Å². The molecule has 3 heterocycles. The number of piperazine rings is 1. The first-order valence-electron chi connectivity index (χ1n) is 16.6. The van der Waals surface area contributed by atoms with E-state index in [0.29, 0.717) is 73.2 Å². The number of rotatable bonds is 10. The fourth-order valence-electron chi connectivity index (χ4n) is 6.52. The van der Waals surface area contributed by atoms with Gasteiger partial charge in [-0.3, -0.25) is 19.8 Å². The Morgan fingerprint density at radius 3 is 2.10 bits per heavy atom. The van der Waals surface area contributed by atoms with Crippen molar-refractivity contribution in [2.75, 3.05) is 59.2 Å². The van der Waals surface area contributed by atoms with Gasteiger partial charge in [0, 0.05) is 66.1 Å². The summed E-state index contributed by atoms with van der Waals surface area (Å²) in [6, 6.07) is 17.2. The minimum atomic E-state index is -1.00. The van der Waals surface area contributed by atoms with Gasteiger partial charge in [-0.05, 0) is 56.2 Å². The highest BCUT2D eigenvalue weighted by Crippen LogP contribution is 2.54. The summed E-state index contributed by atoms with van der Waals surface area (Å²) < 4.78 is 11.8. The molecular weight excluding hydrogens is 649 g/mol. The molecule has 11 heteroatoms. The molecule has 9 nitrogen and oxygen atoms in total. The van der Waals surface area contributed by atoms with Gasteiger partial charge in [-0.1, -0.05) is 68.2 Å². The number of benzene rings is 2. The molecule has 2 aliphatic heterocycles. The highest BCUT2D eigenvalue weighted by molar-refractivity contribution is 6.30. The second-order valence-electron chi connectivity index (χ2n) is 13.6. The van der Waals surface area contributed by atoms with E-state index in [4.69, 9.17) is 47.8 Å². The van der Waals surface area contributed by atoms with Crippen LogP contribution in [0.3, 0.4) is 0 Å². The number of ether oxygens (including phenoxy) is 2. The quantitative estimate of drug-likeness (QED) is 0.237. The number of halogens is 2. The van der Waals surface area contributed by atoms with E-state index in [-0.39, 0.29) is 18.1 Å². The monoisotopic (exact) mass is 695 g/mol. The average Bonchev–Trinajstić information content (AvgIpc) is 3.31. The van der Waals surface area contributed by atoms with E-state index in [1.54, 1.807) is 6.20 Å². The van der Waals surface area contributed by atoms with Crippen molar-refractivity contribution < 1.29 is 19.4 Å². The third-order valence-electron chi connectivity index (χ3n) is 9.55. The molecule has 1 saturated heterocycles. The summed E-state index contributed by atoms with van der Waals surface area (Å²) in [6.45, 7) is 16.9. The van der Waals surface area contributed by atoms with E-state index in [9.17, 15) is 0 Å². The number of carbonyl (C=O) groups excluding carboxylic acids is 1. The molecule has 2 aromatic carbocycles. The summed E-state index contributed by atoms with van der Waals surface area (Å²) in [5.74, 6) is 1.12. The van der Waals surface area contributed by atoms with Crippen molar-refractivity contribution in [2.24, 2.45) is 4.99 Å². The molecule has 0 saturated carbocycles. The van der Waals surface area contributed by atoms with Crippen LogP contribution in [0.15, 0.2) is 65.8 Å². The number of nitrogens with zero attached hydrogens (tertiary/aromatic N) is 5. The van der Waals surface area contributed by atoms with Crippen LogP contribution >= 0.6 is 23.2 Å². The van der Waals surface area contributed by atoms with Gasteiger partial charge in [0.1, 0.15) is 22.7 Å². The number of carbonyl (C=O) groups is 1.